The molecule has 0 fully saturated rings. The zero-order valence-electron chi connectivity index (χ0n) is 22.9. The van der Waals surface area contributed by atoms with Crippen LogP contribution in [0, 0.1) is 0 Å². The molecule has 9 heteroatoms. The zero-order chi connectivity index (χ0) is 28.4. The standard InChI is InChI=1S/C25H23N3O3S.C5H10O2/c1-25(2,3)31-24(30)28-20-11-12-32-23(20)21(27-28)19-14-17-13-16(9-10-18(17)26-19)22(29)15-7-5-4-6-8-15;1-5(2,3)7-4-6/h4-14,22,26,29H,1-3H3;4H,1-3H3. The number of aromatic amines is 1. The number of nitrogens with one attached hydrogen (secondary N) is 1. The van der Waals surface area contributed by atoms with Crippen molar-refractivity contribution in [3.63, 3.8) is 0 Å². The van der Waals surface area contributed by atoms with E-state index in [1.54, 1.807) is 0 Å². The van der Waals surface area contributed by atoms with Gasteiger partial charge in [0.05, 0.1) is 15.9 Å². The summed E-state index contributed by atoms with van der Waals surface area (Å²) in [6, 6.07) is 19.3. The lowest BCUT2D eigenvalue weighted by atomic mass is 10.0. The molecule has 3 heterocycles. The van der Waals surface area contributed by atoms with Gasteiger partial charge in [0, 0.05) is 10.9 Å². The summed E-state index contributed by atoms with van der Waals surface area (Å²) in [4.78, 5) is 25.7. The molecule has 0 aliphatic carbocycles. The van der Waals surface area contributed by atoms with Crippen molar-refractivity contribution < 1.29 is 24.2 Å². The van der Waals surface area contributed by atoms with Gasteiger partial charge in [-0.1, -0.05) is 36.4 Å². The van der Waals surface area contributed by atoms with Crippen LogP contribution in [0.2, 0.25) is 0 Å². The fourth-order valence-corrected chi connectivity index (χ4v) is 4.76. The Balaban J connectivity index is 0.000000448. The van der Waals surface area contributed by atoms with Crippen molar-refractivity contribution >= 4 is 45.0 Å². The van der Waals surface area contributed by atoms with Crippen LogP contribution in [-0.4, -0.2) is 43.6 Å². The first kappa shape index (κ1) is 28.1. The molecule has 0 radical (unpaired) electrons. The van der Waals surface area contributed by atoms with Crippen molar-refractivity contribution in [2.24, 2.45) is 0 Å². The van der Waals surface area contributed by atoms with Crippen molar-refractivity contribution in [2.75, 3.05) is 0 Å². The van der Waals surface area contributed by atoms with Gasteiger partial charge in [-0.3, -0.25) is 4.79 Å². The van der Waals surface area contributed by atoms with Crippen molar-refractivity contribution in [1.82, 2.24) is 14.8 Å². The van der Waals surface area contributed by atoms with Crippen LogP contribution in [-0.2, 0) is 14.3 Å². The van der Waals surface area contributed by atoms with Gasteiger partial charge in [0.2, 0.25) is 0 Å². The number of thiophene rings is 1. The van der Waals surface area contributed by atoms with E-state index in [0.717, 1.165) is 37.9 Å². The van der Waals surface area contributed by atoms with E-state index in [-0.39, 0.29) is 5.60 Å². The van der Waals surface area contributed by atoms with E-state index < -0.39 is 17.8 Å². The first-order valence-corrected chi connectivity index (χ1v) is 13.4. The van der Waals surface area contributed by atoms with E-state index in [1.807, 2.05) is 108 Å². The molecule has 1 atom stereocenters. The molecule has 0 aliphatic rings. The maximum atomic E-state index is 12.7. The average Bonchev–Trinajstić information content (AvgIpc) is 3.57. The monoisotopic (exact) mass is 547 g/mol. The van der Waals surface area contributed by atoms with Gasteiger partial charge in [0.25, 0.3) is 6.47 Å². The normalized spacial score (nSPS) is 12.6. The van der Waals surface area contributed by atoms with Crippen LogP contribution in [0.5, 0.6) is 0 Å². The van der Waals surface area contributed by atoms with Crippen molar-refractivity contribution in [1.29, 1.82) is 0 Å². The van der Waals surface area contributed by atoms with Crippen molar-refractivity contribution in [3.8, 4) is 11.4 Å². The topological polar surface area (TPSA) is 106 Å². The molecule has 0 bridgehead atoms. The van der Waals surface area contributed by atoms with Crippen molar-refractivity contribution in [2.45, 2.75) is 58.8 Å². The molecular formula is C30H33N3O5S. The number of aliphatic hydroxyl groups excluding tert-OH is 1. The highest BCUT2D eigenvalue weighted by Gasteiger charge is 2.24. The molecule has 8 nitrogen and oxygen atoms in total. The van der Waals surface area contributed by atoms with E-state index in [2.05, 4.69) is 14.8 Å². The number of aliphatic hydroxyl groups is 1. The molecule has 0 spiro atoms. The lowest BCUT2D eigenvalue weighted by Gasteiger charge is -2.18. The Bertz CT molecular complexity index is 1590. The van der Waals surface area contributed by atoms with E-state index in [9.17, 15) is 14.7 Å². The van der Waals surface area contributed by atoms with Crippen LogP contribution in [0.1, 0.15) is 58.8 Å². The van der Waals surface area contributed by atoms with Crippen LogP contribution < -0.4 is 0 Å². The number of rotatable bonds is 4. The van der Waals surface area contributed by atoms with Crippen LogP contribution in [0.25, 0.3) is 32.5 Å². The van der Waals surface area contributed by atoms with Gasteiger partial charge >= 0.3 is 6.09 Å². The van der Waals surface area contributed by atoms with E-state index in [1.165, 1.54) is 16.0 Å². The molecule has 5 aromatic rings. The minimum Gasteiger partial charge on any atom is -0.462 e. The third kappa shape index (κ3) is 6.74. The molecule has 2 N–H and O–H groups in total. The van der Waals surface area contributed by atoms with E-state index in [0.29, 0.717) is 12.2 Å². The SMILES string of the molecule is CC(C)(C)OC(=O)n1nc(-c2cc3cc(C(O)c4ccccc4)ccc3[nH]2)c2sccc21.CC(C)(C)OC=O. The predicted molar refractivity (Wildman–Crippen MR) is 154 cm³/mol. The second kappa shape index (κ2) is 11.0. The summed E-state index contributed by atoms with van der Waals surface area (Å²) in [6.07, 6.45) is -1.20. The Morgan fingerprint density at radius 1 is 1.00 bits per heavy atom. The number of fused-ring (bicyclic) bond motifs is 2. The quantitative estimate of drug-likeness (QED) is 0.233. The number of aromatic nitrogens is 3. The molecule has 3 aromatic heterocycles. The van der Waals surface area contributed by atoms with Gasteiger partial charge in [-0.05, 0) is 82.3 Å². The molecule has 39 heavy (non-hydrogen) atoms. The second-order valence-corrected chi connectivity index (χ2v) is 12.0. The van der Waals surface area contributed by atoms with Gasteiger partial charge in [0.15, 0.2) is 0 Å². The van der Waals surface area contributed by atoms with Crippen LogP contribution >= 0.6 is 11.3 Å². The maximum absolute atomic E-state index is 12.7. The lowest BCUT2D eigenvalue weighted by Crippen LogP contribution is -2.27. The lowest BCUT2D eigenvalue weighted by molar-refractivity contribution is -0.138. The van der Waals surface area contributed by atoms with Gasteiger partial charge < -0.3 is 19.6 Å². The third-order valence-electron chi connectivity index (χ3n) is 5.59. The highest BCUT2D eigenvalue weighted by Crippen LogP contribution is 2.34. The number of ether oxygens (including phenoxy) is 2. The summed E-state index contributed by atoms with van der Waals surface area (Å²) >= 11 is 1.53. The first-order chi connectivity index (χ1) is 18.4. The molecule has 0 saturated heterocycles. The Labute approximate surface area is 231 Å². The molecule has 0 saturated carbocycles. The third-order valence-corrected chi connectivity index (χ3v) is 6.50. The van der Waals surface area contributed by atoms with E-state index >= 15 is 0 Å². The number of nitrogens with zero attached hydrogens (tertiary/aromatic N) is 2. The highest BCUT2D eigenvalue weighted by molar-refractivity contribution is 7.17. The van der Waals surface area contributed by atoms with Crippen molar-refractivity contribution in [3.05, 3.63) is 77.2 Å². The Morgan fingerprint density at radius 2 is 1.72 bits per heavy atom. The summed E-state index contributed by atoms with van der Waals surface area (Å²) in [7, 11) is 0. The largest absolute Gasteiger partial charge is 0.462 e. The number of carbonyl (C=O) groups is 2. The fraction of sp³-hybridized carbons (Fsp3) is 0.300. The molecular weight excluding hydrogens is 514 g/mol. The number of carbonyl (C=O) groups excluding carboxylic acids is 2. The van der Waals surface area contributed by atoms with Gasteiger partial charge in [-0.2, -0.15) is 9.78 Å². The van der Waals surface area contributed by atoms with Gasteiger partial charge in [-0.25, -0.2) is 4.79 Å². The smallest absolute Gasteiger partial charge is 0.435 e. The van der Waals surface area contributed by atoms with Gasteiger partial charge in [-0.15, -0.1) is 11.3 Å². The fourth-order valence-electron chi connectivity index (χ4n) is 3.89. The summed E-state index contributed by atoms with van der Waals surface area (Å²) < 4.78 is 12.3. The number of hydrogen-bond acceptors (Lipinski definition) is 7. The molecule has 5 rings (SSSR count). The number of benzene rings is 2. The second-order valence-electron chi connectivity index (χ2n) is 11.0. The Kier molecular flexibility index (Phi) is 7.94. The van der Waals surface area contributed by atoms with Crippen LogP contribution in [0.4, 0.5) is 4.79 Å². The first-order valence-electron chi connectivity index (χ1n) is 12.5. The molecule has 0 amide bonds. The summed E-state index contributed by atoms with van der Waals surface area (Å²) in [5.74, 6) is 0. The molecule has 2 aromatic carbocycles. The van der Waals surface area contributed by atoms with Crippen LogP contribution in [0.3, 0.4) is 0 Å². The molecule has 1 unspecified atom stereocenters. The maximum Gasteiger partial charge on any atom is 0.435 e. The highest BCUT2D eigenvalue weighted by atomic mass is 32.1. The minimum atomic E-state index is -0.700. The zero-order valence-corrected chi connectivity index (χ0v) is 23.7. The summed E-state index contributed by atoms with van der Waals surface area (Å²) in [5.41, 5.74) is 3.89. The predicted octanol–water partition coefficient (Wildman–Crippen LogP) is 7.07. The Morgan fingerprint density at radius 3 is 2.33 bits per heavy atom. The molecule has 0 aliphatic heterocycles. The summed E-state index contributed by atoms with van der Waals surface area (Å²) in [5, 5.41) is 18.2. The number of H-pyrrole nitrogens is 1. The van der Waals surface area contributed by atoms with Crippen LogP contribution in [0.15, 0.2) is 66.0 Å². The number of hydrogen-bond donors (Lipinski definition) is 2. The minimum absolute atomic E-state index is 0.318. The van der Waals surface area contributed by atoms with E-state index in [4.69, 9.17) is 4.74 Å². The Hall–Kier alpha value is -3.95. The summed E-state index contributed by atoms with van der Waals surface area (Å²) in [6.45, 7) is 11.4. The molecule has 204 valence electrons. The van der Waals surface area contributed by atoms with Gasteiger partial charge in [0.1, 0.15) is 23.0 Å². The average molecular weight is 548 g/mol.